The van der Waals surface area contributed by atoms with Crippen molar-refractivity contribution >= 4 is 9.84 Å². The van der Waals surface area contributed by atoms with Crippen molar-refractivity contribution in [2.45, 2.75) is 17.7 Å². The maximum absolute atomic E-state index is 13.4. The zero-order chi connectivity index (χ0) is 13.2. The summed E-state index contributed by atoms with van der Waals surface area (Å²) >= 11 is 0. The molecule has 0 atom stereocenters. The van der Waals surface area contributed by atoms with Crippen molar-refractivity contribution in [2.75, 3.05) is 12.9 Å². The Bertz CT molecular complexity index is 526. The maximum Gasteiger partial charge on any atom is 0.181 e. The molecule has 1 N–H and O–H groups in total. The molecule has 17 heavy (non-hydrogen) atoms. The molecule has 0 saturated heterocycles. The first kappa shape index (κ1) is 14.0. The van der Waals surface area contributed by atoms with Gasteiger partial charge in [0.05, 0.1) is 0 Å². The molecule has 0 aliphatic heterocycles. The molecule has 1 aromatic carbocycles. The van der Waals surface area contributed by atoms with Crippen molar-refractivity contribution in [3.8, 4) is 0 Å². The predicted molar refractivity (Wildman–Crippen MR) is 54.8 cm³/mol. The Kier molecular flexibility index (Phi) is 4.16. The zero-order valence-corrected chi connectivity index (χ0v) is 9.82. The Morgan fingerprint density at radius 1 is 1.24 bits per heavy atom. The lowest BCUT2D eigenvalue weighted by Crippen LogP contribution is -2.09. The number of benzene rings is 1. The topological polar surface area (TPSA) is 54.4 Å². The summed E-state index contributed by atoms with van der Waals surface area (Å²) < 4.78 is 62.3. The van der Waals surface area contributed by atoms with E-state index in [9.17, 15) is 21.6 Å². The van der Waals surface area contributed by atoms with Crippen molar-refractivity contribution in [3.05, 3.63) is 29.1 Å². The van der Waals surface area contributed by atoms with Gasteiger partial charge in [0.2, 0.25) is 0 Å². The zero-order valence-electron chi connectivity index (χ0n) is 9.00. The van der Waals surface area contributed by atoms with Gasteiger partial charge in [-0.15, -0.1) is 0 Å². The average Bonchev–Trinajstić information content (AvgIpc) is 2.19. The third-order valence-corrected chi connectivity index (χ3v) is 3.28. The van der Waals surface area contributed by atoms with Gasteiger partial charge in [-0.25, -0.2) is 21.6 Å². The predicted octanol–water partition coefficient (Wildman–Crippen LogP) is 1.43. The molecule has 0 aromatic heterocycles. The van der Waals surface area contributed by atoms with Gasteiger partial charge in [0, 0.05) is 12.9 Å². The first-order valence-electron chi connectivity index (χ1n) is 4.76. The van der Waals surface area contributed by atoms with Crippen molar-refractivity contribution in [1.29, 1.82) is 0 Å². The molecular formula is C10H11F3O3S. The van der Waals surface area contributed by atoms with E-state index < -0.39 is 32.2 Å². The molecule has 0 amide bonds. The quantitative estimate of drug-likeness (QED) is 0.840. The molecule has 0 heterocycles. The highest BCUT2D eigenvalue weighted by Crippen LogP contribution is 2.24. The average molecular weight is 268 g/mol. The minimum absolute atomic E-state index is 0.0692. The van der Waals surface area contributed by atoms with Gasteiger partial charge < -0.3 is 5.11 Å². The smallest absolute Gasteiger partial charge is 0.181 e. The Balaban J connectivity index is 3.37. The number of aliphatic hydroxyl groups excluding tert-OH is 1. The molecule has 0 unspecified atom stereocenters. The van der Waals surface area contributed by atoms with E-state index in [1.54, 1.807) is 0 Å². The number of hydrogen-bond donors (Lipinski definition) is 1. The highest BCUT2D eigenvalue weighted by atomic mass is 32.2. The third-order valence-electron chi connectivity index (χ3n) is 2.17. The van der Waals surface area contributed by atoms with Gasteiger partial charge >= 0.3 is 0 Å². The standard InChI is InChI=1S/C10H11F3O3S/c1-17(15,16)10-7(11)5-6(3-2-4-14)8(12)9(10)13/h5,14H,2-4H2,1H3. The lowest BCUT2D eigenvalue weighted by Gasteiger charge is -2.08. The van der Waals surface area contributed by atoms with Crippen LogP contribution in [0.5, 0.6) is 0 Å². The molecule has 0 bridgehead atoms. The van der Waals surface area contributed by atoms with Crippen LogP contribution in [0.15, 0.2) is 11.0 Å². The number of aryl methyl sites for hydroxylation is 1. The molecule has 3 nitrogen and oxygen atoms in total. The first-order valence-corrected chi connectivity index (χ1v) is 6.65. The molecule has 1 rings (SSSR count). The van der Waals surface area contributed by atoms with Gasteiger partial charge in [0.25, 0.3) is 0 Å². The SMILES string of the molecule is CS(=O)(=O)c1c(F)cc(CCCO)c(F)c1F. The monoisotopic (exact) mass is 268 g/mol. The lowest BCUT2D eigenvalue weighted by molar-refractivity contribution is 0.287. The largest absolute Gasteiger partial charge is 0.396 e. The van der Waals surface area contributed by atoms with Gasteiger partial charge in [0.1, 0.15) is 10.7 Å². The molecule has 0 aliphatic carbocycles. The van der Waals surface area contributed by atoms with Crippen molar-refractivity contribution in [3.63, 3.8) is 0 Å². The second-order valence-corrected chi connectivity index (χ2v) is 5.53. The number of aliphatic hydroxyl groups is 1. The van der Waals surface area contributed by atoms with E-state index in [1.807, 2.05) is 0 Å². The van der Waals surface area contributed by atoms with Crippen LogP contribution >= 0.6 is 0 Å². The summed E-state index contributed by atoms with van der Waals surface area (Å²) in [6.45, 7) is -0.253. The summed E-state index contributed by atoms with van der Waals surface area (Å²) in [6.07, 6.45) is 0.662. The molecule has 96 valence electrons. The molecular weight excluding hydrogens is 257 g/mol. The number of rotatable bonds is 4. The van der Waals surface area contributed by atoms with Crippen LogP contribution in [0.3, 0.4) is 0 Å². The maximum atomic E-state index is 13.4. The van der Waals surface area contributed by atoms with Crippen molar-refractivity contribution in [1.82, 2.24) is 0 Å². The van der Waals surface area contributed by atoms with Crippen molar-refractivity contribution in [2.24, 2.45) is 0 Å². The van der Waals surface area contributed by atoms with Crippen LogP contribution in [0.1, 0.15) is 12.0 Å². The minimum atomic E-state index is -4.16. The summed E-state index contributed by atoms with van der Waals surface area (Å²) in [5.41, 5.74) is -0.290. The molecule has 0 saturated carbocycles. The van der Waals surface area contributed by atoms with Crippen LogP contribution in [0.2, 0.25) is 0 Å². The number of sulfone groups is 1. The van der Waals surface area contributed by atoms with Crippen molar-refractivity contribution < 1.29 is 26.7 Å². The fourth-order valence-electron chi connectivity index (χ4n) is 1.42. The second-order valence-electron chi connectivity index (χ2n) is 3.57. The Morgan fingerprint density at radius 2 is 1.82 bits per heavy atom. The fourth-order valence-corrected chi connectivity index (χ4v) is 2.25. The van der Waals surface area contributed by atoms with Crippen LogP contribution in [0.25, 0.3) is 0 Å². The molecule has 0 aliphatic rings. The van der Waals surface area contributed by atoms with E-state index in [1.165, 1.54) is 0 Å². The molecule has 0 spiro atoms. The fraction of sp³-hybridized carbons (Fsp3) is 0.400. The summed E-state index contributed by atoms with van der Waals surface area (Å²) in [5, 5.41) is 8.54. The van der Waals surface area contributed by atoms with E-state index in [0.29, 0.717) is 12.3 Å². The number of hydrogen-bond acceptors (Lipinski definition) is 3. The van der Waals surface area contributed by atoms with Crippen LogP contribution in [0, 0.1) is 17.5 Å². The Hall–Kier alpha value is -1.08. The summed E-state index contributed by atoms with van der Waals surface area (Å²) in [7, 11) is -4.16. The van der Waals surface area contributed by atoms with Gasteiger partial charge in [-0.05, 0) is 24.5 Å². The minimum Gasteiger partial charge on any atom is -0.396 e. The summed E-state index contributed by atoms with van der Waals surface area (Å²) in [6, 6.07) is 0.643. The molecule has 0 radical (unpaired) electrons. The van der Waals surface area contributed by atoms with Gasteiger partial charge in [-0.3, -0.25) is 0 Å². The summed E-state index contributed by atoms with van der Waals surface area (Å²) in [5.74, 6) is -4.42. The lowest BCUT2D eigenvalue weighted by atomic mass is 10.1. The van der Waals surface area contributed by atoms with Crippen LogP contribution in [-0.4, -0.2) is 26.4 Å². The van der Waals surface area contributed by atoms with Crippen LogP contribution in [0.4, 0.5) is 13.2 Å². The van der Waals surface area contributed by atoms with Gasteiger partial charge in [0.15, 0.2) is 21.5 Å². The highest BCUT2D eigenvalue weighted by molar-refractivity contribution is 7.90. The van der Waals surface area contributed by atoms with Crippen LogP contribution < -0.4 is 0 Å². The van der Waals surface area contributed by atoms with Gasteiger partial charge in [-0.2, -0.15) is 0 Å². The summed E-state index contributed by atoms with van der Waals surface area (Å²) in [4.78, 5) is -1.26. The Morgan fingerprint density at radius 3 is 2.29 bits per heavy atom. The molecule has 0 fully saturated rings. The molecule has 7 heteroatoms. The number of halogens is 3. The van der Waals surface area contributed by atoms with E-state index in [-0.39, 0.29) is 25.0 Å². The second kappa shape index (κ2) is 5.05. The molecule has 1 aromatic rings. The van der Waals surface area contributed by atoms with E-state index in [2.05, 4.69) is 0 Å². The normalized spacial score (nSPS) is 11.8. The van der Waals surface area contributed by atoms with Crippen LogP contribution in [-0.2, 0) is 16.3 Å². The highest BCUT2D eigenvalue weighted by Gasteiger charge is 2.25. The first-order chi connectivity index (χ1) is 7.79. The third kappa shape index (κ3) is 2.98. The van der Waals surface area contributed by atoms with Gasteiger partial charge in [-0.1, -0.05) is 0 Å². The Labute approximate surface area is 96.8 Å². The van der Waals surface area contributed by atoms with E-state index in [0.717, 1.165) is 0 Å². The van der Waals surface area contributed by atoms with E-state index >= 15 is 0 Å². The van der Waals surface area contributed by atoms with E-state index in [4.69, 9.17) is 5.11 Å².